The van der Waals surface area contributed by atoms with Crippen LogP contribution in [0, 0.1) is 0 Å². The zero-order chi connectivity index (χ0) is 12.5. The summed E-state index contributed by atoms with van der Waals surface area (Å²) in [6.45, 7) is 6.40. The number of anilines is 2. The number of hydrogen-bond acceptors (Lipinski definition) is 4. The van der Waals surface area contributed by atoms with E-state index in [4.69, 9.17) is 0 Å². The molecule has 1 saturated carbocycles. The molecule has 0 spiro atoms. The Morgan fingerprint density at radius 2 is 1.82 bits per heavy atom. The smallest absolute Gasteiger partial charge is 0.138 e. The Bertz CT molecular complexity index is 391. The molecule has 0 atom stereocenters. The molecule has 4 nitrogen and oxygen atoms in total. The average Bonchev–Trinajstić information content (AvgIpc) is 2.22. The number of nitrogens with zero attached hydrogens (tertiary/aromatic N) is 2. The highest BCUT2D eigenvalue weighted by Gasteiger charge is 2.21. The molecule has 2 rings (SSSR count). The van der Waals surface area contributed by atoms with Gasteiger partial charge >= 0.3 is 0 Å². The fourth-order valence-corrected chi connectivity index (χ4v) is 1.75. The van der Waals surface area contributed by atoms with Gasteiger partial charge < -0.3 is 10.6 Å². The Morgan fingerprint density at radius 3 is 2.29 bits per heavy atom. The van der Waals surface area contributed by atoms with E-state index in [-0.39, 0.29) is 5.41 Å². The molecule has 17 heavy (non-hydrogen) atoms. The number of hydrogen-bond donors (Lipinski definition) is 2. The zero-order valence-corrected chi connectivity index (χ0v) is 11.2. The van der Waals surface area contributed by atoms with Crippen LogP contribution in [-0.2, 0) is 5.41 Å². The molecule has 0 bridgehead atoms. The minimum Gasteiger partial charge on any atom is -0.373 e. The molecule has 94 valence electrons. The van der Waals surface area contributed by atoms with E-state index in [1.165, 1.54) is 19.3 Å². The molecule has 0 aliphatic heterocycles. The topological polar surface area (TPSA) is 49.8 Å². The summed E-state index contributed by atoms with van der Waals surface area (Å²) in [5, 5.41) is 6.57. The summed E-state index contributed by atoms with van der Waals surface area (Å²) < 4.78 is 0. The summed E-state index contributed by atoms with van der Waals surface area (Å²) in [7, 11) is 1.89. The number of nitrogens with one attached hydrogen (secondary N) is 2. The summed E-state index contributed by atoms with van der Waals surface area (Å²) in [5.41, 5.74) is -0.0249. The molecule has 0 aromatic carbocycles. The van der Waals surface area contributed by atoms with Crippen LogP contribution in [0.15, 0.2) is 6.07 Å². The van der Waals surface area contributed by atoms with Crippen LogP contribution in [-0.4, -0.2) is 23.1 Å². The van der Waals surface area contributed by atoms with Crippen LogP contribution in [0.3, 0.4) is 0 Å². The lowest BCUT2D eigenvalue weighted by Gasteiger charge is -2.28. The van der Waals surface area contributed by atoms with E-state index in [0.717, 1.165) is 17.5 Å². The molecule has 1 aliphatic rings. The fourth-order valence-electron chi connectivity index (χ4n) is 1.75. The minimum absolute atomic E-state index is 0.0249. The van der Waals surface area contributed by atoms with Gasteiger partial charge in [-0.25, -0.2) is 9.97 Å². The second kappa shape index (κ2) is 4.51. The highest BCUT2D eigenvalue weighted by molar-refractivity contribution is 5.48. The summed E-state index contributed by atoms with van der Waals surface area (Å²) in [5.74, 6) is 2.71. The SMILES string of the molecule is CNc1cc(NC2CCC2)nc(C(C)(C)C)n1. The standard InChI is InChI=1S/C13H22N4/c1-13(2,3)12-16-10(14-4)8-11(17-12)15-9-6-5-7-9/h8-9H,5-7H2,1-4H3,(H2,14,15,16,17). The Kier molecular flexibility index (Phi) is 3.22. The third kappa shape index (κ3) is 2.87. The molecule has 1 heterocycles. The molecule has 1 aromatic heterocycles. The largest absolute Gasteiger partial charge is 0.373 e. The second-order valence-corrected chi connectivity index (χ2v) is 5.73. The van der Waals surface area contributed by atoms with Gasteiger partial charge in [0.1, 0.15) is 17.5 Å². The van der Waals surface area contributed by atoms with Gasteiger partial charge in [-0.2, -0.15) is 0 Å². The molecule has 0 radical (unpaired) electrons. The van der Waals surface area contributed by atoms with Crippen LogP contribution in [0.25, 0.3) is 0 Å². The van der Waals surface area contributed by atoms with Gasteiger partial charge in [0.05, 0.1) is 0 Å². The first-order valence-corrected chi connectivity index (χ1v) is 6.33. The first-order valence-electron chi connectivity index (χ1n) is 6.33. The van der Waals surface area contributed by atoms with Gasteiger partial charge in [0.15, 0.2) is 0 Å². The van der Waals surface area contributed by atoms with Crippen molar-refractivity contribution < 1.29 is 0 Å². The normalized spacial score (nSPS) is 16.5. The van der Waals surface area contributed by atoms with E-state index in [1.807, 2.05) is 13.1 Å². The molecule has 4 heteroatoms. The van der Waals surface area contributed by atoms with Crippen LogP contribution in [0.5, 0.6) is 0 Å². The van der Waals surface area contributed by atoms with Crippen molar-refractivity contribution >= 4 is 11.6 Å². The van der Waals surface area contributed by atoms with Gasteiger partial charge in [-0.3, -0.25) is 0 Å². The first-order chi connectivity index (χ1) is 7.99. The van der Waals surface area contributed by atoms with Crippen LogP contribution in [0.2, 0.25) is 0 Å². The van der Waals surface area contributed by atoms with Crippen molar-refractivity contribution in [2.45, 2.75) is 51.5 Å². The molecular formula is C13H22N4. The maximum absolute atomic E-state index is 4.61. The van der Waals surface area contributed by atoms with Crippen LogP contribution in [0.4, 0.5) is 11.6 Å². The Hall–Kier alpha value is -1.32. The van der Waals surface area contributed by atoms with Crippen LogP contribution in [0.1, 0.15) is 45.9 Å². The quantitative estimate of drug-likeness (QED) is 0.844. The summed E-state index contributed by atoms with van der Waals surface area (Å²) in [6, 6.07) is 2.58. The second-order valence-electron chi connectivity index (χ2n) is 5.73. The third-order valence-electron chi connectivity index (χ3n) is 3.11. The lowest BCUT2D eigenvalue weighted by Crippen LogP contribution is -2.28. The van der Waals surface area contributed by atoms with Gasteiger partial charge in [-0.05, 0) is 19.3 Å². The minimum atomic E-state index is -0.0249. The van der Waals surface area contributed by atoms with Crippen LogP contribution < -0.4 is 10.6 Å². The maximum atomic E-state index is 4.61. The lowest BCUT2D eigenvalue weighted by atomic mass is 9.93. The Balaban J connectivity index is 2.24. The van der Waals surface area contributed by atoms with Crippen molar-refractivity contribution in [2.75, 3.05) is 17.7 Å². The van der Waals surface area contributed by atoms with Gasteiger partial charge in [-0.1, -0.05) is 20.8 Å². The maximum Gasteiger partial charge on any atom is 0.138 e. The van der Waals surface area contributed by atoms with Crippen molar-refractivity contribution in [1.29, 1.82) is 0 Å². The fraction of sp³-hybridized carbons (Fsp3) is 0.692. The predicted octanol–water partition coefficient (Wildman–Crippen LogP) is 2.78. The monoisotopic (exact) mass is 234 g/mol. The van der Waals surface area contributed by atoms with E-state index in [0.29, 0.717) is 6.04 Å². The summed E-state index contributed by atoms with van der Waals surface area (Å²) in [4.78, 5) is 9.12. The van der Waals surface area contributed by atoms with E-state index in [9.17, 15) is 0 Å². The first kappa shape index (κ1) is 12.1. The predicted molar refractivity (Wildman–Crippen MR) is 71.5 cm³/mol. The van der Waals surface area contributed by atoms with Gasteiger partial charge in [-0.15, -0.1) is 0 Å². The lowest BCUT2D eigenvalue weighted by molar-refractivity contribution is 0.443. The van der Waals surface area contributed by atoms with Crippen molar-refractivity contribution in [3.8, 4) is 0 Å². The van der Waals surface area contributed by atoms with Gasteiger partial charge in [0, 0.05) is 24.6 Å². The summed E-state index contributed by atoms with van der Waals surface area (Å²) >= 11 is 0. The highest BCUT2D eigenvalue weighted by atomic mass is 15.1. The molecule has 1 fully saturated rings. The highest BCUT2D eigenvalue weighted by Crippen LogP contribution is 2.26. The number of aromatic nitrogens is 2. The molecule has 2 N–H and O–H groups in total. The van der Waals surface area contributed by atoms with Gasteiger partial charge in [0.25, 0.3) is 0 Å². The van der Waals surface area contributed by atoms with E-state index < -0.39 is 0 Å². The van der Waals surface area contributed by atoms with Gasteiger partial charge in [0.2, 0.25) is 0 Å². The molecule has 0 amide bonds. The van der Waals surface area contributed by atoms with Crippen molar-refractivity contribution in [2.24, 2.45) is 0 Å². The molecular weight excluding hydrogens is 212 g/mol. The molecule has 1 aliphatic carbocycles. The van der Waals surface area contributed by atoms with Crippen molar-refractivity contribution in [1.82, 2.24) is 9.97 Å². The molecule has 1 aromatic rings. The Morgan fingerprint density at radius 1 is 1.18 bits per heavy atom. The zero-order valence-electron chi connectivity index (χ0n) is 11.2. The van der Waals surface area contributed by atoms with Crippen molar-refractivity contribution in [3.63, 3.8) is 0 Å². The number of rotatable bonds is 3. The van der Waals surface area contributed by atoms with E-state index in [2.05, 4.69) is 41.4 Å². The summed E-state index contributed by atoms with van der Waals surface area (Å²) in [6.07, 6.45) is 3.83. The van der Waals surface area contributed by atoms with E-state index >= 15 is 0 Å². The molecule has 0 unspecified atom stereocenters. The average molecular weight is 234 g/mol. The van der Waals surface area contributed by atoms with E-state index in [1.54, 1.807) is 0 Å². The van der Waals surface area contributed by atoms with Crippen molar-refractivity contribution in [3.05, 3.63) is 11.9 Å². The Labute approximate surface area is 103 Å². The third-order valence-corrected chi connectivity index (χ3v) is 3.11. The molecule has 0 saturated heterocycles. The van der Waals surface area contributed by atoms with Crippen LogP contribution >= 0.6 is 0 Å².